The highest BCUT2D eigenvalue weighted by molar-refractivity contribution is 5.89. The number of nitrogens with zero attached hydrogens (tertiary/aromatic N) is 2. The molecule has 13 rings (SSSR count). The van der Waals surface area contributed by atoms with E-state index in [9.17, 15) is 0 Å². The van der Waals surface area contributed by atoms with Crippen LogP contribution in [0.3, 0.4) is 0 Å². The fourth-order valence-corrected chi connectivity index (χ4v) is 14.8. The summed E-state index contributed by atoms with van der Waals surface area (Å²) in [5, 5.41) is 0. The lowest BCUT2D eigenvalue weighted by molar-refractivity contribution is 0.258. The van der Waals surface area contributed by atoms with E-state index in [0.717, 1.165) is 30.6 Å². The van der Waals surface area contributed by atoms with Gasteiger partial charge >= 0.3 is 0 Å². The molecule has 63 heavy (non-hydrogen) atoms. The smallest absolute Gasteiger partial charge is 0.0505 e. The topological polar surface area (TPSA) is 6.48 Å². The van der Waals surface area contributed by atoms with E-state index in [1.165, 1.54) is 108 Å². The molecule has 0 heterocycles. The Morgan fingerprint density at radius 1 is 0.460 bits per heavy atom. The van der Waals surface area contributed by atoms with Gasteiger partial charge in [-0.15, -0.1) is 0 Å². The molecule has 0 radical (unpaired) electrons. The summed E-state index contributed by atoms with van der Waals surface area (Å²) in [6.07, 6.45) is 13.1. The van der Waals surface area contributed by atoms with Crippen LogP contribution in [0.5, 0.6) is 0 Å². The van der Waals surface area contributed by atoms with Crippen molar-refractivity contribution in [2.45, 2.75) is 94.8 Å². The molecule has 0 saturated heterocycles. The van der Waals surface area contributed by atoms with Crippen molar-refractivity contribution in [1.29, 1.82) is 0 Å². The molecule has 6 atom stereocenters. The molecule has 0 amide bonds. The van der Waals surface area contributed by atoms with E-state index >= 15 is 0 Å². The zero-order chi connectivity index (χ0) is 41.9. The molecule has 1 spiro atoms. The third-order valence-corrected chi connectivity index (χ3v) is 17.3. The van der Waals surface area contributed by atoms with Crippen LogP contribution in [-0.2, 0) is 23.7 Å². The van der Waals surface area contributed by atoms with Crippen molar-refractivity contribution in [2.75, 3.05) is 9.80 Å². The Labute approximate surface area is 374 Å². The maximum atomic E-state index is 2.64. The van der Waals surface area contributed by atoms with E-state index in [-0.39, 0.29) is 10.8 Å². The average molecular weight is 819 g/mol. The Hall–Kier alpha value is -5.86. The summed E-state index contributed by atoms with van der Waals surface area (Å²) in [7, 11) is 0. The Morgan fingerprint density at radius 2 is 1.02 bits per heavy atom. The molecule has 6 aliphatic rings. The van der Waals surface area contributed by atoms with E-state index in [4.69, 9.17) is 0 Å². The van der Waals surface area contributed by atoms with Crippen molar-refractivity contribution >= 4 is 34.1 Å². The number of para-hydroxylation sites is 2. The lowest BCUT2D eigenvalue weighted by Crippen LogP contribution is -2.39. The summed E-state index contributed by atoms with van der Waals surface area (Å²) < 4.78 is 0. The molecular formula is C61H58N2. The minimum Gasteiger partial charge on any atom is -0.310 e. The van der Waals surface area contributed by atoms with Crippen LogP contribution in [0, 0.1) is 23.7 Å². The van der Waals surface area contributed by atoms with Crippen molar-refractivity contribution in [2.24, 2.45) is 23.7 Å². The van der Waals surface area contributed by atoms with Crippen LogP contribution in [0.2, 0.25) is 0 Å². The maximum Gasteiger partial charge on any atom is 0.0505 e. The van der Waals surface area contributed by atoms with Gasteiger partial charge in [0, 0.05) is 33.6 Å². The molecule has 3 saturated carbocycles. The van der Waals surface area contributed by atoms with Crippen LogP contribution >= 0.6 is 0 Å². The molecule has 2 bridgehead atoms. The molecule has 6 unspecified atom stereocenters. The highest BCUT2D eigenvalue weighted by atomic mass is 15.2. The van der Waals surface area contributed by atoms with Crippen LogP contribution < -0.4 is 9.80 Å². The number of hydrogen-bond acceptors (Lipinski definition) is 2. The van der Waals surface area contributed by atoms with E-state index in [1.54, 1.807) is 27.8 Å². The molecule has 2 nitrogen and oxygen atoms in total. The first kappa shape index (κ1) is 37.7. The number of anilines is 6. The molecule has 0 aromatic heterocycles. The number of fused-ring (bicyclic) bond motifs is 7. The first-order valence-electron chi connectivity index (χ1n) is 24.3. The van der Waals surface area contributed by atoms with Gasteiger partial charge in [-0.25, -0.2) is 0 Å². The van der Waals surface area contributed by atoms with Gasteiger partial charge in [0.1, 0.15) is 0 Å². The summed E-state index contributed by atoms with van der Waals surface area (Å²) in [5.41, 5.74) is 20.9. The second-order valence-corrected chi connectivity index (χ2v) is 20.7. The van der Waals surface area contributed by atoms with E-state index in [1.807, 2.05) is 0 Å². The second kappa shape index (κ2) is 14.3. The summed E-state index contributed by atoms with van der Waals surface area (Å²) >= 11 is 0. The van der Waals surface area contributed by atoms with Crippen LogP contribution in [0.1, 0.15) is 110 Å². The minimum absolute atomic E-state index is 0.0891. The third kappa shape index (κ3) is 5.55. The van der Waals surface area contributed by atoms with Gasteiger partial charge in [0.05, 0.1) is 11.4 Å². The number of hydrogen-bond donors (Lipinski definition) is 0. The van der Waals surface area contributed by atoms with E-state index in [2.05, 4.69) is 187 Å². The molecule has 0 N–H and O–H groups in total. The fourth-order valence-electron chi connectivity index (χ4n) is 14.8. The highest BCUT2D eigenvalue weighted by Crippen LogP contribution is 2.67. The Morgan fingerprint density at radius 3 is 1.62 bits per heavy atom. The van der Waals surface area contributed by atoms with Crippen LogP contribution in [-0.4, -0.2) is 0 Å². The van der Waals surface area contributed by atoms with E-state index < -0.39 is 0 Å². The van der Waals surface area contributed by atoms with Gasteiger partial charge in [-0.2, -0.15) is 0 Å². The zero-order valence-corrected chi connectivity index (χ0v) is 36.9. The largest absolute Gasteiger partial charge is 0.310 e. The second-order valence-electron chi connectivity index (χ2n) is 20.7. The summed E-state index contributed by atoms with van der Waals surface area (Å²) in [4.78, 5) is 5.28. The number of rotatable bonds is 7. The highest BCUT2D eigenvalue weighted by Gasteiger charge is 2.59. The van der Waals surface area contributed by atoms with Gasteiger partial charge in [0.25, 0.3) is 0 Å². The minimum atomic E-state index is -0.121. The van der Waals surface area contributed by atoms with Crippen molar-refractivity contribution in [3.05, 3.63) is 203 Å². The van der Waals surface area contributed by atoms with Gasteiger partial charge < -0.3 is 9.80 Å². The molecular weight excluding hydrogens is 761 g/mol. The first-order valence-corrected chi connectivity index (χ1v) is 24.3. The SMILES string of the molecule is CC1(C)c2ccccc2-c2ccc(N(c3ccccc3)c3cccc4c3C35c6c(cccc6N(c6ccccc6)c6ccc(C7CC8CCC7C8)cc6)CC3CCCCC5C4)cc21. The Bertz CT molecular complexity index is 2860. The monoisotopic (exact) mass is 818 g/mol. The van der Waals surface area contributed by atoms with Crippen LogP contribution in [0.4, 0.5) is 34.1 Å². The number of benzene rings is 7. The van der Waals surface area contributed by atoms with Crippen molar-refractivity contribution in [3.8, 4) is 11.1 Å². The summed E-state index contributed by atoms with van der Waals surface area (Å²) in [6, 6.07) is 63.5. The molecule has 6 aliphatic carbocycles. The lowest BCUT2D eigenvalue weighted by Gasteiger charge is -2.43. The third-order valence-electron chi connectivity index (χ3n) is 17.3. The lowest BCUT2D eigenvalue weighted by atomic mass is 9.63. The zero-order valence-electron chi connectivity index (χ0n) is 36.9. The van der Waals surface area contributed by atoms with E-state index in [0.29, 0.717) is 11.8 Å². The fraction of sp³-hybridized carbons (Fsp3) is 0.311. The average Bonchev–Trinajstić information content (AvgIpc) is 4.13. The molecule has 7 aromatic carbocycles. The van der Waals surface area contributed by atoms with Gasteiger partial charge in [-0.3, -0.25) is 0 Å². The van der Waals surface area contributed by atoms with Crippen molar-refractivity contribution in [3.63, 3.8) is 0 Å². The Kier molecular flexibility index (Phi) is 8.57. The summed E-state index contributed by atoms with van der Waals surface area (Å²) in [5.74, 6) is 3.61. The standard InChI is InChI=1S/C61H58N2/c1-60(2)54-24-12-11-23-51(54)52-34-33-50(39-55(52)60)63(48-21-7-4-8-22-48)57-26-14-16-44-38-46-18-10-9-17-45-37-43-15-13-25-56(58(43)61(45,46)59(44)57)62(47-19-5-3-6-20-47)49-31-29-41(30-32-49)53-36-40-27-28-42(53)35-40/h3-8,11-16,19-26,29-34,39-40,42,45-46,53H,9-10,17-18,27-28,35-38H2,1-2H3. The van der Waals surface area contributed by atoms with Gasteiger partial charge in [0.2, 0.25) is 0 Å². The summed E-state index contributed by atoms with van der Waals surface area (Å²) in [6.45, 7) is 4.82. The first-order chi connectivity index (χ1) is 31.0. The predicted octanol–water partition coefficient (Wildman–Crippen LogP) is 16.0. The molecule has 2 heteroatoms. The van der Waals surface area contributed by atoms with Crippen molar-refractivity contribution in [1.82, 2.24) is 0 Å². The molecule has 0 aliphatic heterocycles. The maximum absolute atomic E-state index is 2.64. The van der Waals surface area contributed by atoms with Gasteiger partial charge in [0.15, 0.2) is 0 Å². The Balaban J connectivity index is 1.02. The molecule has 7 aromatic rings. The quantitative estimate of drug-likeness (QED) is 0.158. The van der Waals surface area contributed by atoms with Gasteiger partial charge in [-0.05, 0) is 185 Å². The van der Waals surface area contributed by atoms with Crippen LogP contribution in [0.25, 0.3) is 11.1 Å². The van der Waals surface area contributed by atoms with Gasteiger partial charge in [-0.1, -0.05) is 136 Å². The van der Waals surface area contributed by atoms with Crippen LogP contribution in [0.15, 0.2) is 164 Å². The normalized spacial score (nSPS) is 25.3. The molecule has 3 fully saturated rings. The molecule has 312 valence electrons. The van der Waals surface area contributed by atoms with Crippen molar-refractivity contribution < 1.29 is 0 Å². The predicted molar refractivity (Wildman–Crippen MR) is 262 cm³/mol.